The van der Waals surface area contributed by atoms with Crippen LogP contribution in [0.15, 0.2) is 47.3 Å². The molecule has 2 aromatic heterocycles. The number of benzene rings is 2. The van der Waals surface area contributed by atoms with Crippen molar-refractivity contribution in [2.24, 2.45) is 0 Å². The van der Waals surface area contributed by atoms with Crippen molar-refractivity contribution in [1.82, 2.24) is 18.6 Å². The lowest BCUT2D eigenvalue weighted by atomic mass is 10.0. The number of fused-ring (bicyclic) bond motifs is 2. The summed E-state index contributed by atoms with van der Waals surface area (Å²) in [5.41, 5.74) is 1.79. The fourth-order valence-corrected chi connectivity index (χ4v) is 6.32. The number of likely N-dealkylation sites (tertiary alicyclic amines) is 1. The lowest BCUT2D eigenvalue weighted by molar-refractivity contribution is -0.00417. The van der Waals surface area contributed by atoms with Crippen molar-refractivity contribution < 1.29 is 17.9 Å². The second-order valence-corrected chi connectivity index (χ2v) is 13.7. The summed E-state index contributed by atoms with van der Waals surface area (Å²) in [6.45, 7) is 5.88. The molecule has 0 spiro atoms. The molecule has 3 heterocycles. The maximum absolute atomic E-state index is 14.4. The third kappa shape index (κ3) is 5.54. The van der Waals surface area contributed by atoms with Crippen LogP contribution in [0.5, 0.6) is 0 Å². The topological polar surface area (TPSA) is 89.5 Å². The summed E-state index contributed by atoms with van der Waals surface area (Å²) >= 11 is 6.23. The fourth-order valence-electron chi connectivity index (χ4n) is 5.48. The summed E-state index contributed by atoms with van der Waals surface area (Å²) in [7, 11) is -3.12. The smallest absolute Gasteiger partial charge is 0.329 e. The van der Waals surface area contributed by atoms with Crippen molar-refractivity contribution in [2.45, 2.75) is 45.0 Å². The van der Waals surface area contributed by atoms with E-state index >= 15 is 0 Å². The highest BCUT2D eigenvalue weighted by Gasteiger charge is 2.34. The monoisotopic (exact) mass is 562 g/mol. The summed E-state index contributed by atoms with van der Waals surface area (Å²) in [6.07, 6.45) is 1.64. The van der Waals surface area contributed by atoms with Gasteiger partial charge in [-0.2, -0.15) is 0 Å². The predicted octanol–water partition coefficient (Wildman–Crippen LogP) is 3.66. The van der Waals surface area contributed by atoms with Crippen LogP contribution in [0, 0.1) is 5.82 Å². The Balaban J connectivity index is 1.54. The Morgan fingerprint density at radius 3 is 2.45 bits per heavy atom. The molecular formula is C27H32ClFN4O4S. The van der Waals surface area contributed by atoms with E-state index in [4.69, 9.17) is 11.6 Å². The highest BCUT2D eigenvalue weighted by atomic mass is 35.5. The van der Waals surface area contributed by atoms with Crippen LogP contribution < -0.4 is 5.69 Å². The molecule has 8 nitrogen and oxygen atoms in total. The van der Waals surface area contributed by atoms with E-state index in [2.05, 4.69) is 4.90 Å². The molecule has 1 saturated heterocycles. The molecule has 1 aliphatic rings. The number of hydrogen-bond donors (Lipinski definition) is 1. The molecular weight excluding hydrogens is 531 g/mol. The van der Waals surface area contributed by atoms with Gasteiger partial charge in [0.25, 0.3) is 0 Å². The largest absolute Gasteiger partial charge is 0.389 e. The highest BCUT2D eigenvalue weighted by molar-refractivity contribution is 7.90. The summed E-state index contributed by atoms with van der Waals surface area (Å²) in [6, 6.07) is 11.8. The van der Waals surface area contributed by atoms with Gasteiger partial charge >= 0.3 is 5.69 Å². The molecule has 0 aliphatic carbocycles. The number of aryl methyl sites for hydroxylation is 1. The van der Waals surface area contributed by atoms with Crippen LogP contribution in [0.25, 0.3) is 21.9 Å². The van der Waals surface area contributed by atoms with Crippen molar-refractivity contribution in [3.05, 3.63) is 69.5 Å². The zero-order valence-electron chi connectivity index (χ0n) is 21.7. The van der Waals surface area contributed by atoms with E-state index in [9.17, 15) is 22.7 Å². The summed E-state index contributed by atoms with van der Waals surface area (Å²) < 4.78 is 43.2. The first-order valence-electron chi connectivity index (χ1n) is 12.6. The van der Waals surface area contributed by atoms with Crippen LogP contribution in [-0.4, -0.2) is 69.4 Å². The lowest BCUT2D eigenvalue weighted by Crippen LogP contribution is -2.54. The highest BCUT2D eigenvalue weighted by Crippen LogP contribution is 2.29. The number of halogens is 2. The van der Waals surface area contributed by atoms with Gasteiger partial charge in [-0.05, 0) is 62.7 Å². The molecule has 5 rings (SSSR count). The Morgan fingerprint density at radius 1 is 1.05 bits per heavy atom. The molecule has 0 atom stereocenters. The van der Waals surface area contributed by atoms with Gasteiger partial charge < -0.3 is 9.67 Å². The van der Waals surface area contributed by atoms with Gasteiger partial charge in [0.05, 0.1) is 35.0 Å². The Kier molecular flexibility index (Phi) is 6.96. The molecule has 204 valence electrons. The van der Waals surface area contributed by atoms with Crippen LogP contribution in [-0.2, 0) is 22.9 Å². The number of imidazole rings is 1. The van der Waals surface area contributed by atoms with E-state index in [0.29, 0.717) is 48.7 Å². The molecule has 0 bridgehead atoms. The van der Waals surface area contributed by atoms with Gasteiger partial charge in [0.1, 0.15) is 15.7 Å². The van der Waals surface area contributed by atoms with E-state index in [0.717, 1.165) is 16.6 Å². The molecule has 4 aromatic rings. The van der Waals surface area contributed by atoms with Crippen LogP contribution in [0.2, 0.25) is 5.02 Å². The van der Waals surface area contributed by atoms with Crippen molar-refractivity contribution in [3.8, 4) is 0 Å². The van der Waals surface area contributed by atoms with Gasteiger partial charge in [0.2, 0.25) is 0 Å². The maximum Gasteiger partial charge on any atom is 0.329 e. The Bertz CT molecular complexity index is 1680. The van der Waals surface area contributed by atoms with Crippen molar-refractivity contribution in [1.29, 1.82) is 0 Å². The minimum atomic E-state index is -3.12. The zero-order valence-corrected chi connectivity index (χ0v) is 23.3. The second kappa shape index (κ2) is 9.82. The normalized spacial score (nSPS) is 15.5. The molecule has 0 unspecified atom stereocenters. The average molecular weight is 563 g/mol. The van der Waals surface area contributed by atoms with Gasteiger partial charge in [0.15, 0.2) is 0 Å². The third-order valence-corrected chi connectivity index (χ3v) is 8.27. The molecule has 0 radical (unpaired) electrons. The molecule has 0 saturated carbocycles. The molecule has 38 heavy (non-hydrogen) atoms. The number of nitrogens with zero attached hydrogens (tertiary/aromatic N) is 4. The summed E-state index contributed by atoms with van der Waals surface area (Å²) in [4.78, 5) is 15.9. The van der Waals surface area contributed by atoms with Gasteiger partial charge in [-0.1, -0.05) is 11.6 Å². The molecule has 11 heteroatoms. The van der Waals surface area contributed by atoms with Crippen molar-refractivity contribution in [2.75, 3.05) is 31.6 Å². The number of hydrogen-bond acceptors (Lipinski definition) is 5. The predicted molar refractivity (Wildman–Crippen MR) is 148 cm³/mol. The molecule has 0 amide bonds. The SMILES string of the molecule is CC(C)(O)CN1CC(n2c(=O)n(Cc3cc4cc(Cl)ccc4n3CCCS(C)(=O)=O)c3cc(F)ccc32)C1. The summed E-state index contributed by atoms with van der Waals surface area (Å²) in [5.74, 6) is -0.381. The zero-order chi connectivity index (χ0) is 27.4. The number of aliphatic hydroxyl groups is 1. The van der Waals surface area contributed by atoms with Gasteiger partial charge in [0, 0.05) is 54.1 Å². The Hall–Kier alpha value is -2.66. The molecule has 1 fully saturated rings. The fraction of sp³-hybridized carbons (Fsp3) is 0.444. The van der Waals surface area contributed by atoms with Gasteiger partial charge in [-0.25, -0.2) is 17.6 Å². The number of sulfone groups is 1. The minimum Gasteiger partial charge on any atom is -0.389 e. The maximum atomic E-state index is 14.4. The van der Waals surface area contributed by atoms with Crippen molar-refractivity contribution >= 4 is 43.4 Å². The average Bonchev–Trinajstić information content (AvgIpc) is 3.23. The van der Waals surface area contributed by atoms with E-state index < -0.39 is 21.3 Å². The third-order valence-electron chi connectivity index (χ3n) is 7.00. The van der Waals surface area contributed by atoms with Gasteiger partial charge in [-0.15, -0.1) is 0 Å². The van der Waals surface area contributed by atoms with E-state index in [1.165, 1.54) is 18.4 Å². The number of aromatic nitrogens is 3. The lowest BCUT2D eigenvalue weighted by Gasteiger charge is -2.42. The van der Waals surface area contributed by atoms with E-state index in [-0.39, 0.29) is 24.0 Å². The first kappa shape index (κ1) is 26.9. The second-order valence-electron chi connectivity index (χ2n) is 11.0. The standard InChI is InChI=1S/C27H32ClFN4O4S/c1-27(2,35)17-30-14-22(15-30)33-24-8-6-20(29)13-25(24)32(26(33)34)16-21-12-18-11-19(28)5-7-23(18)31(21)9-4-10-38(3,36)37/h5-8,11-13,22,35H,4,9-10,14-17H2,1-3H3. The van der Waals surface area contributed by atoms with Crippen LogP contribution in [0.4, 0.5) is 4.39 Å². The van der Waals surface area contributed by atoms with Crippen molar-refractivity contribution in [3.63, 3.8) is 0 Å². The Labute approximate surface area is 225 Å². The number of β-amino-alcohol motifs (C(OH)–C–C–N with tert-alkyl or cyclic N) is 1. The first-order valence-corrected chi connectivity index (χ1v) is 15.0. The Morgan fingerprint density at radius 2 is 1.76 bits per heavy atom. The van der Waals surface area contributed by atoms with Crippen LogP contribution in [0.3, 0.4) is 0 Å². The molecule has 1 N–H and O–H groups in total. The minimum absolute atomic E-state index is 0.0486. The molecule has 2 aromatic carbocycles. The summed E-state index contributed by atoms with van der Waals surface area (Å²) in [5, 5.41) is 11.6. The van der Waals surface area contributed by atoms with Crippen LogP contribution in [0.1, 0.15) is 32.0 Å². The van der Waals surface area contributed by atoms with E-state index in [1.807, 2.05) is 22.8 Å². The first-order chi connectivity index (χ1) is 17.8. The van der Waals surface area contributed by atoms with Crippen LogP contribution >= 0.6 is 11.6 Å². The molecule has 1 aliphatic heterocycles. The van der Waals surface area contributed by atoms with E-state index in [1.54, 1.807) is 35.1 Å². The van der Waals surface area contributed by atoms with Gasteiger partial charge in [-0.3, -0.25) is 14.0 Å². The quantitative estimate of drug-likeness (QED) is 0.336. The number of rotatable bonds is 9.